The third-order valence-corrected chi connectivity index (χ3v) is 3.27. The number of unbranched alkanes of at least 4 members (excludes halogenated alkanes) is 9. The van der Waals surface area contributed by atoms with Crippen molar-refractivity contribution >= 4 is 5.84 Å². The molecule has 1 aliphatic heterocycles. The molecule has 0 amide bonds. The summed E-state index contributed by atoms with van der Waals surface area (Å²) < 4.78 is 0. The van der Waals surface area contributed by atoms with E-state index in [0.717, 1.165) is 12.3 Å². The lowest BCUT2D eigenvalue weighted by molar-refractivity contribution is 0.559. The minimum atomic E-state index is 1.02. The molecule has 0 aromatic carbocycles. The smallest absolute Gasteiger partial charge is 0.128 e. The van der Waals surface area contributed by atoms with Crippen LogP contribution in [0.15, 0.2) is 17.4 Å². The molecule has 1 heterocycles. The molecule has 17 heavy (non-hydrogen) atoms. The largest absolute Gasteiger partial charge is 0.240 e. The Hall–Kier alpha value is -0.790. The molecule has 0 N–H and O–H groups in total. The van der Waals surface area contributed by atoms with Crippen molar-refractivity contribution in [2.24, 2.45) is 4.99 Å². The molecule has 0 spiro atoms. The van der Waals surface area contributed by atoms with Crippen molar-refractivity contribution in [3.8, 4) is 0 Å². The molecule has 2 nitrogen and oxygen atoms in total. The zero-order valence-electron chi connectivity index (χ0n) is 11.3. The van der Waals surface area contributed by atoms with Gasteiger partial charge >= 0.3 is 0 Å². The van der Waals surface area contributed by atoms with Crippen molar-refractivity contribution in [1.82, 2.24) is 5.32 Å². The topological polar surface area (TPSA) is 26.5 Å². The van der Waals surface area contributed by atoms with Crippen LogP contribution in [0.3, 0.4) is 0 Å². The monoisotopic (exact) mass is 235 g/mol. The second-order valence-electron chi connectivity index (χ2n) is 4.90. The fraction of sp³-hybridized carbons (Fsp3) is 0.800. The predicted molar refractivity (Wildman–Crippen MR) is 75.2 cm³/mol. The van der Waals surface area contributed by atoms with Gasteiger partial charge in [-0.3, -0.25) is 0 Å². The van der Waals surface area contributed by atoms with Gasteiger partial charge in [-0.15, -0.1) is 0 Å². The predicted octanol–water partition coefficient (Wildman–Crippen LogP) is 4.79. The zero-order valence-corrected chi connectivity index (χ0v) is 11.3. The number of amidine groups is 1. The molecular formula is C15H27N2. The molecule has 1 aliphatic rings. The highest BCUT2D eigenvalue weighted by molar-refractivity contribution is 5.84. The van der Waals surface area contributed by atoms with E-state index in [-0.39, 0.29) is 0 Å². The summed E-state index contributed by atoms with van der Waals surface area (Å²) in [5, 5.41) is 4.18. The first-order chi connectivity index (χ1) is 8.43. The Morgan fingerprint density at radius 1 is 0.765 bits per heavy atom. The summed E-state index contributed by atoms with van der Waals surface area (Å²) in [6, 6.07) is 0. The molecule has 97 valence electrons. The maximum absolute atomic E-state index is 4.18. The van der Waals surface area contributed by atoms with Crippen LogP contribution >= 0.6 is 0 Å². The molecule has 1 rings (SSSR count). The fourth-order valence-corrected chi connectivity index (χ4v) is 2.17. The van der Waals surface area contributed by atoms with Crippen LogP contribution in [-0.2, 0) is 0 Å². The van der Waals surface area contributed by atoms with Gasteiger partial charge in [0.05, 0.1) is 0 Å². The second-order valence-corrected chi connectivity index (χ2v) is 4.90. The third kappa shape index (κ3) is 8.00. The van der Waals surface area contributed by atoms with Gasteiger partial charge < -0.3 is 0 Å². The number of hydrogen-bond acceptors (Lipinski definition) is 1. The van der Waals surface area contributed by atoms with Gasteiger partial charge in [0.2, 0.25) is 0 Å². The van der Waals surface area contributed by atoms with E-state index in [1.54, 1.807) is 12.4 Å². The second kappa shape index (κ2) is 10.4. The summed E-state index contributed by atoms with van der Waals surface area (Å²) in [7, 11) is 0. The van der Waals surface area contributed by atoms with E-state index in [2.05, 4.69) is 17.2 Å². The highest BCUT2D eigenvalue weighted by atomic mass is 15.0. The molecule has 2 heteroatoms. The highest BCUT2D eigenvalue weighted by Gasteiger charge is 2.01. The summed E-state index contributed by atoms with van der Waals surface area (Å²) in [4.78, 5) is 4.18. The maximum Gasteiger partial charge on any atom is 0.128 e. The molecule has 0 saturated carbocycles. The third-order valence-electron chi connectivity index (χ3n) is 3.27. The van der Waals surface area contributed by atoms with Gasteiger partial charge in [0.25, 0.3) is 0 Å². The molecule has 0 aromatic rings. The van der Waals surface area contributed by atoms with E-state index in [4.69, 9.17) is 0 Å². The van der Waals surface area contributed by atoms with Crippen molar-refractivity contribution < 1.29 is 0 Å². The van der Waals surface area contributed by atoms with Crippen LogP contribution in [0.2, 0.25) is 0 Å². The van der Waals surface area contributed by atoms with Gasteiger partial charge in [-0.25, -0.2) is 10.3 Å². The van der Waals surface area contributed by atoms with E-state index in [1.165, 1.54) is 64.2 Å². The number of nitrogens with zero attached hydrogens (tertiary/aromatic N) is 2. The number of aliphatic imine (C=N–C) groups is 1. The van der Waals surface area contributed by atoms with Gasteiger partial charge in [-0.05, 0) is 6.42 Å². The van der Waals surface area contributed by atoms with Crippen LogP contribution in [0, 0.1) is 0 Å². The normalized spacial score (nSPS) is 13.8. The van der Waals surface area contributed by atoms with Crippen LogP contribution in [0.25, 0.3) is 0 Å². The van der Waals surface area contributed by atoms with Crippen LogP contribution in [-0.4, -0.2) is 5.84 Å². The molecule has 0 fully saturated rings. The van der Waals surface area contributed by atoms with Gasteiger partial charge in [0, 0.05) is 18.8 Å². The van der Waals surface area contributed by atoms with E-state index in [1.807, 2.05) is 0 Å². The quantitative estimate of drug-likeness (QED) is 0.461. The molecule has 0 unspecified atom stereocenters. The molecular weight excluding hydrogens is 208 g/mol. The first-order valence-electron chi connectivity index (χ1n) is 7.36. The average molecular weight is 235 g/mol. The summed E-state index contributed by atoms with van der Waals surface area (Å²) in [6.45, 7) is 2.27. The first-order valence-corrected chi connectivity index (χ1v) is 7.36. The first kappa shape index (κ1) is 14.3. The number of hydrogen-bond donors (Lipinski definition) is 0. The van der Waals surface area contributed by atoms with Crippen molar-refractivity contribution in [2.45, 2.75) is 77.6 Å². The van der Waals surface area contributed by atoms with E-state index >= 15 is 0 Å². The van der Waals surface area contributed by atoms with Gasteiger partial charge in [0.15, 0.2) is 0 Å². The summed E-state index contributed by atoms with van der Waals surface area (Å²) >= 11 is 0. The molecule has 0 saturated heterocycles. The Labute approximate surface area is 107 Å². The highest BCUT2D eigenvalue weighted by Crippen LogP contribution is 2.11. The fourth-order valence-electron chi connectivity index (χ4n) is 2.17. The Balaban J connectivity index is 1.72. The van der Waals surface area contributed by atoms with Crippen LogP contribution in [0.5, 0.6) is 0 Å². The molecule has 0 atom stereocenters. The Morgan fingerprint density at radius 3 is 1.88 bits per heavy atom. The number of rotatable bonds is 11. The lowest BCUT2D eigenvalue weighted by atomic mass is 10.1. The van der Waals surface area contributed by atoms with E-state index < -0.39 is 0 Å². The zero-order chi connectivity index (χ0) is 12.2. The lowest BCUT2D eigenvalue weighted by Crippen LogP contribution is -2.05. The van der Waals surface area contributed by atoms with Gasteiger partial charge in [0.1, 0.15) is 5.84 Å². The van der Waals surface area contributed by atoms with Crippen LogP contribution < -0.4 is 5.32 Å². The van der Waals surface area contributed by atoms with Crippen LogP contribution in [0.1, 0.15) is 77.6 Å². The van der Waals surface area contributed by atoms with Crippen molar-refractivity contribution in [2.75, 3.05) is 0 Å². The average Bonchev–Trinajstić information content (AvgIpc) is 2.85. The molecule has 0 aliphatic carbocycles. The Morgan fingerprint density at radius 2 is 1.35 bits per heavy atom. The van der Waals surface area contributed by atoms with E-state index in [9.17, 15) is 0 Å². The molecule has 1 radical (unpaired) electrons. The van der Waals surface area contributed by atoms with Crippen LogP contribution in [0.4, 0.5) is 0 Å². The van der Waals surface area contributed by atoms with E-state index in [0.29, 0.717) is 0 Å². The van der Waals surface area contributed by atoms with Gasteiger partial charge in [-0.1, -0.05) is 64.7 Å². The maximum atomic E-state index is 4.18. The minimum Gasteiger partial charge on any atom is -0.240 e. The SMILES string of the molecule is CCCCCCCCCCCCC1=NC=C[N]1. The molecule has 0 bridgehead atoms. The summed E-state index contributed by atoms with van der Waals surface area (Å²) in [5.41, 5.74) is 0. The minimum absolute atomic E-state index is 1.02. The standard InChI is InChI=1S/C15H27N2/c1-2-3-4-5-6-7-8-9-10-11-12-15-16-13-14-17-15/h13-14H,2-12H2,1H3. The van der Waals surface area contributed by atoms with Crippen molar-refractivity contribution in [1.29, 1.82) is 0 Å². The summed E-state index contributed by atoms with van der Waals surface area (Å²) in [5.74, 6) is 1.02. The van der Waals surface area contributed by atoms with Crippen molar-refractivity contribution in [3.63, 3.8) is 0 Å². The van der Waals surface area contributed by atoms with Gasteiger partial charge in [-0.2, -0.15) is 0 Å². The lowest BCUT2D eigenvalue weighted by Gasteiger charge is -2.02. The van der Waals surface area contributed by atoms with Crippen molar-refractivity contribution in [3.05, 3.63) is 12.4 Å². The molecule has 0 aromatic heterocycles. The Bertz CT molecular complexity index is 231. The Kier molecular flexibility index (Phi) is 8.71. The summed E-state index contributed by atoms with van der Waals surface area (Å²) in [6.07, 6.45) is 18.5.